The minimum Gasteiger partial charge on any atom is -0.361 e. The Labute approximate surface area is 197 Å². The zero-order valence-electron chi connectivity index (χ0n) is 21.4. The first-order chi connectivity index (χ1) is 14.8. The Morgan fingerprint density at radius 2 is 1.22 bits per heavy atom. The third-order valence-electron chi connectivity index (χ3n) is 3.66. The van der Waals surface area contributed by atoms with Crippen LogP contribution in [0.3, 0.4) is 0 Å². The van der Waals surface area contributed by atoms with Gasteiger partial charge in [0.1, 0.15) is 12.1 Å². The molecule has 0 aliphatic rings. The number of aromatic nitrogens is 5. The van der Waals surface area contributed by atoms with E-state index in [1.54, 1.807) is 24.9 Å². The van der Waals surface area contributed by atoms with Gasteiger partial charge in [0.15, 0.2) is 0 Å². The highest BCUT2D eigenvalue weighted by Crippen LogP contribution is 2.12. The second-order valence-electron chi connectivity index (χ2n) is 7.13. The first kappa shape index (κ1) is 34.0. The molecule has 3 heterocycles. The van der Waals surface area contributed by atoms with Crippen LogP contribution in [0.1, 0.15) is 117 Å². The molecule has 0 atom stereocenters. The van der Waals surface area contributed by atoms with E-state index in [0.29, 0.717) is 17.8 Å². The molecule has 0 spiro atoms. The molecule has 0 saturated heterocycles. The van der Waals surface area contributed by atoms with Gasteiger partial charge < -0.3 is 4.52 Å². The first-order valence-corrected chi connectivity index (χ1v) is 11.2. The Bertz CT molecular complexity index is 698. The highest BCUT2D eigenvalue weighted by atomic mass is 16.5. The van der Waals surface area contributed by atoms with Crippen LogP contribution in [0, 0.1) is 6.92 Å². The average molecular weight is 446 g/mol. The van der Waals surface area contributed by atoms with E-state index < -0.39 is 0 Å². The average Bonchev–Trinajstić information content (AvgIpc) is 3.25. The van der Waals surface area contributed by atoms with Crippen LogP contribution in [-0.2, 0) is 0 Å². The Hall–Kier alpha value is -2.63. The summed E-state index contributed by atoms with van der Waals surface area (Å²) in [7, 11) is 0. The third-order valence-corrected chi connectivity index (χ3v) is 3.66. The van der Waals surface area contributed by atoms with Crippen LogP contribution in [0.4, 0.5) is 0 Å². The second-order valence-corrected chi connectivity index (χ2v) is 7.13. The Balaban J connectivity index is -0.000000360. The summed E-state index contributed by atoms with van der Waals surface area (Å²) in [6.07, 6.45) is 10.4. The highest BCUT2D eigenvalue weighted by Gasteiger charge is 2.02. The van der Waals surface area contributed by atoms with E-state index in [0.717, 1.165) is 17.1 Å². The van der Waals surface area contributed by atoms with E-state index in [4.69, 9.17) is 4.52 Å². The molecule has 0 bridgehead atoms. The zero-order chi connectivity index (χ0) is 24.2. The number of nitrogens with zero attached hydrogens (tertiary/aromatic N) is 5. The molecular weight excluding hydrogens is 398 g/mol. The molecule has 0 radical (unpaired) electrons. The molecule has 3 aromatic heterocycles. The topological polar surface area (TPSA) is 77.6 Å². The molecule has 0 aliphatic heterocycles. The SMILES string of the molecule is C.CC.CC.CC(C)c1cnccn1.CC(C)c1cncnc1.Cc1cc(C(C)C)no1. The second kappa shape index (κ2) is 21.6. The number of aryl methyl sites for hydroxylation is 1. The van der Waals surface area contributed by atoms with Crippen molar-refractivity contribution in [3.63, 3.8) is 0 Å². The summed E-state index contributed by atoms with van der Waals surface area (Å²) in [6.45, 7) is 22.5. The summed E-state index contributed by atoms with van der Waals surface area (Å²) < 4.78 is 4.88. The van der Waals surface area contributed by atoms with Gasteiger partial charge in [-0.15, -0.1) is 0 Å². The summed E-state index contributed by atoms with van der Waals surface area (Å²) in [6, 6.07) is 1.96. The van der Waals surface area contributed by atoms with Crippen LogP contribution < -0.4 is 0 Å². The summed E-state index contributed by atoms with van der Waals surface area (Å²) in [5, 5.41) is 3.84. The molecule has 32 heavy (non-hydrogen) atoms. The van der Waals surface area contributed by atoms with E-state index in [-0.39, 0.29) is 7.43 Å². The van der Waals surface area contributed by atoms with Crippen molar-refractivity contribution < 1.29 is 4.52 Å². The first-order valence-electron chi connectivity index (χ1n) is 11.2. The van der Waals surface area contributed by atoms with Gasteiger partial charge in [0, 0.05) is 37.1 Å². The maximum absolute atomic E-state index is 4.88. The summed E-state index contributed by atoms with van der Waals surface area (Å²) in [5.41, 5.74) is 3.28. The van der Waals surface area contributed by atoms with Gasteiger partial charge in [-0.05, 0) is 30.2 Å². The number of hydrogen-bond donors (Lipinski definition) is 0. The molecule has 3 aromatic rings. The van der Waals surface area contributed by atoms with Crippen molar-refractivity contribution in [1.82, 2.24) is 25.1 Å². The lowest BCUT2D eigenvalue weighted by Gasteiger charge is -1.99. The largest absolute Gasteiger partial charge is 0.361 e. The summed E-state index contributed by atoms with van der Waals surface area (Å²) in [4.78, 5) is 15.8. The normalized spacial score (nSPS) is 9.06. The molecule has 0 amide bonds. The number of rotatable bonds is 3. The molecule has 6 nitrogen and oxygen atoms in total. The smallest absolute Gasteiger partial charge is 0.133 e. The lowest BCUT2D eigenvalue weighted by molar-refractivity contribution is 0.388. The summed E-state index contributed by atoms with van der Waals surface area (Å²) in [5.74, 6) is 2.38. The van der Waals surface area contributed by atoms with Gasteiger partial charge in [-0.2, -0.15) is 0 Å². The maximum atomic E-state index is 4.88. The molecule has 6 heteroatoms. The predicted molar refractivity (Wildman–Crippen MR) is 137 cm³/mol. The van der Waals surface area contributed by atoms with E-state index in [1.165, 1.54) is 5.56 Å². The van der Waals surface area contributed by atoms with Crippen molar-refractivity contribution in [2.75, 3.05) is 0 Å². The molecule has 0 fully saturated rings. The number of hydrogen-bond acceptors (Lipinski definition) is 6. The molecule has 0 aromatic carbocycles. The fourth-order valence-electron chi connectivity index (χ4n) is 1.88. The van der Waals surface area contributed by atoms with E-state index in [2.05, 4.69) is 66.6 Å². The van der Waals surface area contributed by atoms with E-state index in [1.807, 2.05) is 53.1 Å². The van der Waals surface area contributed by atoms with Gasteiger partial charge in [-0.25, -0.2) is 9.97 Å². The van der Waals surface area contributed by atoms with Crippen LogP contribution in [-0.4, -0.2) is 25.1 Å². The zero-order valence-corrected chi connectivity index (χ0v) is 21.4. The standard InChI is InChI=1S/2C7H10N2.C7H11NO.2C2H6.CH4/c1-6(2)7-3-8-5-9-4-7;1-6(2)7-5-8-3-4-9-7;1-5(2)7-4-6(3)9-8-7;2*1-2;/h2*3-6H,1-2H3;4-5H,1-3H3;2*1-2H3;1H4. The maximum Gasteiger partial charge on any atom is 0.133 e. The lowest BCUT2D eigenvalue weighted by Crippen LogP contribution is -1.91. The lowest BCUT2D eigenvalue weighted by atomic mass is 10.1. The molecule has 0 saturated carbocycles. The quantitative estimate of drug-likeness (QED) is 0.406. The van der Waals surface area contributed by atoms with Crippen LogP contribution in [0.2, 0.25) is 0 Å². The monoisotopic (exact) mass is 445 g/mol. The predicted octanol–water partition coefficient (Wildman–Crippen LogP) is 7.99. The third kappa shape index (κ3) is 16.1. The van der Waals surface area contributed by atoms with Crippen molar-refractivity contribution in [3.8, 4) is 0 Å². The molecular formula is C26H47N5O. The molecule has 0 N–H and O–H groups in total. The van der Waals surface area contributed by atoms with Gasteiger partial charge in [-0.1, -0.05) is 81.8 Å². The van der Waals surface area contributed by atoms with Crippen LogP contribution >= 0.6 is 0 Å². The van der Waals surface area contributed by atoms with Crippen LogP contribution in [0.25, 0.3) is 0 Å². The van der Waals surface area contributed by atoms with Crippen LogP contribution in [0.15, 0.2) is 47.9 Å². The Morgan fingerprint density at radius 3 is 1.47 bits per heavy atom. The summed E-state index contributed by atoms with van der Waals surface area (Å²) >= 11 is 0. The Kier molecular flexibility index (Phi) is 22.9. The van der Waals surface area contributed by atoms with Gasteiger partial charge >= 0.3 is 0 Å². The van der Waals surface area contributed by atoms with Crippen molar-refractivity contribution in [3.05, 3.63) is 66.1 Å². The van der Waals surface area contributed by atoms with Gasteiger partial charge in [0.2, 0.25) is 0 Å². The minimum atomic E-state index is 0. The van der Waals surface area contributed by atoms with Crippen molar-refractivity contribution in [2.45, 2.75) is 101 Å². The van der Waals surface area contributed by atoms with E-state index in [9.17, 15) is 0 Å². The van der Waals surface area contributed by atoms with Crippen molar-refractivity contribution >= 4 is 0 Å². The van der Waals surface area contributed by atoms with Gasteiger partial charge in [0.05, 0.1) is 11.4 Å². The fraction of sp³-hybridized carbons (Fsp3) is 0.577. The fourth-order valence-corrected chi connectivity index (χ4v) is 1.88. The van der Waals surface area contributed by atoms with E-state index >= 15 is 0 Å². The minimum absolute atomic E-state index is 0. The molecule has 3 rings (SSSR count). The highest BCUT2D eigenvalue weighted by molar-refractivity contribution is 5.07. The molecule has 0 unspecified atom stereocenters. The van der Waals surface area contributed by atoms with Gasteiger partial charge in [-0.3, -0.25) is 9.97 Å². The molecule has 182 valence electrons. The van der Waals surface area contributed by atoms with Crippen molar-refractivity contribution in [2.24, 2.45) is 0 Å². The van der Waals surface area contributed by atoms with Gasteiger partial charge in [0.25, 0.3) is 0 Å². The molecule has 0 aliphatic carbocycles. The Morgan fingerprint density at radius 1 is 0.688 bits per heavy atom. The van der Waals surface area contributed by atoms with Crippen molar-refractivity contribution in [1.29, 1.82) is 0 Å². The van der Waals surface area contributed by atoms with Crippen LogP contribution in [0.5, 0.6) is 0 Å².